The van der Waals surface area contributed by atoms with Crippen molar-refractivity contribution in [2.24, 2.45) is 0 Å². The molecule has 5 nitrogen and oxygen atoms in total. The molecule has 3 aromatic rings. The zero-order valence-electron chi connectivity index (χ0n) is 13.9. The number of aromatic nitrogens is 2. The van der Waals surface area contributed by atoms with Gasteiger partial charge >= 0.3 is 0 Å². The fourth-order valence-electron chi connectivity index (χ4n) is 3.29. The Bertz CT molecular complexity index is 958. The minimum absolute atomic E-state index is 0.0698. The molecule has 0 saturated heterocycles. The normalized spacial score (nSPS) is 13.3. The number of nitrogens with one attached hydrogen (secondary N) is 1. The van der Waals surface area contributed by atoms with E-state index in [-0.39, 0.29) is 5.56 Å². The van der Waals surface area contributed by atoms with Gasteiger partial charge in [-0.3, -0.25) is 4.79 Å². The Kier molecular flexibility index (Phi) is 3.58. The molecule has 122 valence electrons. The molecule has 1 aromatic heterocycles. The first-order chi connectivity index (χ1) is 11.6. The smallest absolute Gasteiger partial charge is 0.279 e. The largest absolute Gasteiger partial charge is 0.384 e. The van der Waals surface area contributed by atoms with E-state index in [9.17, 15) is 4.79 Å². The summed E-state index contributed by atoms with van der Waals surface area (Å²) in [7, 11) is 4.08. The van der Waals surface area contributed by atoms with Crippen molar-refractivity contribution in [3.8, 4) is 5.69 Å². The molecular weight excluding hydrogens is 300 g/mol. The second kappa shape index (κ2) is 5.76. The highest BCUT2D eigenvalue weighted by molar-refractivity contribution is 5.96. The van der Waals surface area contributed by atoms with E-state index in [0.717, 1.165) is 47.4 Å². The maximum atomic E-state index is 12.9. The van der Waals surface area contributed by atoms with Gasteiger partial charge in [-0.25, -0.2) is 0 Å². The van der Waals surface area contributed by atoms with Gasteiger partial charge in [0.05, 0.1) is 16.8 Å². The van der Waals surface area contributed by atoms with E-state index in [0.29, 0.717) is 0 Å². The monoisotopic (exact) mass is 320 g/mol. The van der Waals surface area contributed by atoms with Gasteiger partial charge in [-0.05, 0) is 43.9 Å². The van der Waals surface area contributed by atoms with Gasteiger partial charge in [0.15, 0.2) is 0 Å². The summed E-state index contributed by atoms with van der Waals surface area (Å²) in [5.41, 5.74) is 3.94. The lowest BCUT2D eigenvalue weighted by Crippen LogP contribution is -2.26. The summed E-state index contributed by atoms with van der Waals surface area (Å²) >= 11 is 0. The van der Waals surface area contributed by atoms with Crippen LogP contribution in [0.3, 0.4) is 0 Å². The Balaban J connectivity index is 1.86. The molecule has 5 heteroatoms. The third-order valence-electron chi connectivity index (χ3n) is 4.35. The second-order valence-electron chi connectivity index (χ2n) is 6.47. The fraction of sp³-hybridized carbons (Fsp3) is 0.263. The summed E-state index contributed by atoms with van der Waals surface area (Å²) in [5.74, 6) is 0. The van der Waals surface area contributed by atoms with Crippen LogP contribution in [-0.4, -0.2) is 35.3 Å². The van der Waals surface area contributed by atoms with Crippen LogP contribution < -0.4 is 10.9 Å². The molecule has 1 N–H and O–H groups in total. The van der Waals surface area contributed by atoms with E-state index >= 15 is 0 Å². The molecule has 0 spiro atoms. The maximum absolute atomic E-state index is 12.9. The van der Waals surface area contributed by atoms with E-state index in [2.05, 4.69) is 27.4 Å². The van der Waals surface area contributed by atoms with Gasteiger partial charge in [0.2, 0.25) is 0 Å². The summed E-state index contributed by atoms with van der Waals surface area (Å²) < 4.78 is 1.53. The van der Waals surface area contributed by atoms with E-state index in [4.69, 9.17) is 0 Å². The maximum Gasteiger partial charge on any atom is 0.279 e. The summed E-state index contributed by atoms with van der Waals surface area (Å²) in [6.07, 6.45) is 0.826. The lowest BCUT2D eigenvalue weighted by atomic mass is 10.0. The van der Waals surface area contributed by atoms with Crippen LogP contribution in [-0.2, 0) is 13.0 Å². The molecule has 0 radical (unpaired) electrons. The molecule has 0 aliphatic carbocycles. The second-order valence-corrected chi connectivity index (χ2v) is 6.47. The molecule has 2 aromatic carbocycles. The molecule has 0 unspecified atom stereocenters. The Labute approximate surface area is 140 Å². The van der Waals surface area contributed by atoms with Crippen molar-refractivity contribution in [3.05, 3.63) is 64.1 Å². The average molecular weight is 320 g/mol. The van der Waals surface area contributed by atoms with Crippen molar-refractivity contribution >= 4 is 16.5 Å². The van der Waals surface area contributed by atoms with Crippen molar-refractivity contribution in [2.45, 2.75) is 13.0 Å². The molecule has 0 saturated carbocycles. The zero-order chi connectivity index (χ0) is 16.7. The Morgan fingerprint density at radius 1 is 1.17 bits per heavy atom. The van der Waals surface area contributed by atoms with Crippen molar-refractivity contribution < 1.29 is 0 Å². The topological polar surface area (TPSA) is 50.2 Å². The van der Waals surface area contributed by atoms with Gasteiger partial charge in [-0.15, -0.1) is 0 Å². The highest BCUT2D eigenvalue weighted by atomic mass is 16.1. The van der Waals surface area contributed by atoms with Crippen LogP contribution in [0.15, 0.2) is 47.3 Å². The van der Waals surface area contributed by atoms with Crippen molar-refractivity contribution in [1.82, 2.24) is 14.7 Å². The average Bonchev–Trinajstić information content (AvgIpc) is 2.58. The highest BCUT2D eigenvalue weighted by Crippen LogP contribution is 2.27. The molecule has 0 fully saturated rings. The minimum atomic E-state index is -0.0698. The Hall–Kier alpha value is -2.66. The third kappa shape index (κ3) is 2.47. The predicted molar refractivity (Wildman–Crippen MR) is 96.9 cm³/mol. The van der Waals surface area contributed by atoms with Gasteiger partial charge in [-0.1, -0.05) is 18.2 Å². The van der Waals surface area contributed by atoms with Gasteiger partial charge in [0.1, 0.15) is 0 Å². The van der Waals surface area contributed by atoms with Crippen LogP contribution in [0.25, 0.3) is 16.5 Å². The summed E-state index contributed by atoms with van der Waals surface area (Å²) in [5, 5.41) is 9.68. The number of anilines is 1. The lowest BCUT2D eigenvalue weighted by Gasteiger charge is -2.19. The Morgan fingerprint density at radius 3 is 2.71 bits per heavy atom. The first-order valence-corrected chi connectivity index (χ1v) is 8.16. The van der Waals surface area contributed by atoms with Crippen LogP contribution in [0.1, 0.15) is 11.3 Å². The number of benzene rings is 2. The first kappa shape index (κ1) is 14.9. The molecule has 2 heterocycles. The molecule has 0 atom stereocenters. The fourth-order valence-corrected chi connectivity index (χ4v) is 3.29. The van der Waals surface area contributed by atoms with Crippen LogP contribution in [0, 0.1) is 0 Å². The molecule has 4 rings (SSSR count). The molecule has 1 aliphatic rings. The summed E-state index contributed by atoms with van der Waals surface area (Å²) in [6.45, 7) is 1.72. The van der Waals surface area contributed by atoms with Gasteiger partial charge in [0, 0.05) is 30.6 Å². The highest BCUT2D eigenvalue weighted by Gasteiger charge is 2.17. The van der Waals surface area contributed by atoms with E-state index < -0.39 is 0 Å². The Morgan fingerprint density at radius 2 is 1.96 bits per heavy atom. The number of hydrogen-bond donors (Lipinski definition) is 1. The van der Waals surface area contributed by atoms with Crippen molar-refractivity contribution in [3.63, 3.8) is 0 Å². The molecule has 0 bridgehead atoms. The van der Waals surface area contributed by atoms with Gasteiger partial charge in [-0.2, -0.15) is 9.78 Å². The van der Waals surface area contributed by atoms with Crippen molar-refractivity contribution in [1.29, 1.82) is 0 Å². The summed E-state index contributed by atoms with van der Waals surface area (Å²) in [6, 6.07) is 13.9. The minimum Gasteiger partial charge on any atom is -0.384 e. The quantitative estimate of drug-likeness (QED) is 0.805. The number of nitrogens with zero attached hydrogens (tertiary/aromatic N) is 3. The SMILES string of the molecule is CN(C)Cc1ccc(-n2nc3c4c(cccc4c2=O)NCC3)cc1. The van der Waals surface area contributed by atoms with Crippen molar-refractivity contribution in [2.75, 3.05) is 26.0 Å². The lowest BCUT2D eigenvalue weighted by molar-refractivity contribution is 0.402. The standard InChI is InChI=1S/C19H20N4O/c1-22(2)12-13-6-8-14(9-7-13)23-19(24)15-4-3-5-16-18(15)17(21-23)10-11-20-16/h3-9,20H,10-12H2,1-2H3. The molecule has 0 amide bonds. The number of rotatable bonds is 3. The van der Waals surface area contributed by atoms with Crippen LogP contribution in [0.2, 0.25) is 0 Å². The molecule has 1 aliphatic heterocycles. The molecule has 24 heavy (non-hydrogen) atoms. The van der Waals surface area contributed by atoms with Crippen LogP contribution in [0.5, 0.6) is 0 Å². The molecular formula is C19H20N4O. The van der Waals surface area contributed by atoms with Gasteiger partial charge < -0.3 is 10.2 Å². The van der Waals surface area contributed by atoms with E-state index in [1.54, 1.807) is 0 Å². The van der Waals surface area contributed by atoms with Crippen LogP contribution >= 0.6 is 0 Å². The van der Waals surface area contributed by atoms with E-state index in [1.807, 2.05) is 44.4 Å². The zero-order valence-corrected chi connectivity index (χ0v) is 13.9. The van der Waals surface area contributed by atoms with Crippen LogP contribution in [0.4, 0.5) is 5.69 Å². The predicted octanol–water partition coefficient (Wildman–Crippen LogP) is 2.42. The third-order valence-corrected chi connectivity index (χ3v) is 4.35. The summed E-state index contributed by atoms with van der Waals surface area (Å²) in [4.78, 5) is 15.0. The van der Waals surface area contributed by atoms with Gasteiger partial charge in [0.25, 0.3) is 5.56 Å². The number of hydrogen-bond acceptors (Lipinski definition) is 4. The first-order valence-electron chi connectivity index (χ1n) is 8.16. The van der Waals surface area contributed by atoms with E-state index in [1.165, 1.54) is 10.2 Å².